The highest BCUT2D eigenvalue weighted by Gasteiger charge is 2.21. The number of benzene rings is 1. The molecule has 1 amide bonds. The maximum atomic E-state index is 12.4. The van der Waals surface area contributed by atoms with Gasteiger partial charge in [-0.25, -0.2) is 4.98 Å². The Morgan fingerprint density at radius 2 is 2.29 bits per heavy atom. The summed E-state index contributed by atoms with van der Waals surface area (Å²) < 4.78 is 0. The van der Waals surface area contributed by atoms with Crippen molar-refractivity contribution < 1.29 is 9.90 Å². The lowest BCUT2D eigenvalue weighted by molar-refractivity contribution is -0.132. The molecule has 5 nitrogen and oxygen atoms in total. The third-order valence-corrected chi connectivity index (χ3v) is 4.11. The highest BCUT2D eigenvalue weighted by atomic mass is 32.1. The van der Waals surface area contributed by atoms with Crippen molar-refractivity contribution in [2.45, 2.75) is 26.3 Å². The number of carbonyl (C=O) groups excluding carboxylic acids is 1. The van der Waals surface area contributed by atoms with E-state index in [1.165, 1.54) is 11.3 Å². The molecule has 0 radical (unpaired) electrons. The molecule has 0 saturated heterocycles. The van der Waals surface area contributed by atoms with Crippen LogP contribution in [0.2, 0.25) is 0 Å². The maximum Gasteiger partial charge on any atom is 0.229 e. The highest BCUT2D eigenvalue weighted by molar-refractivity contribution is 7.13. The van der Waals surface area contributed by atoms with Crippen LogP contribution in [0, 0.1) is 0 Å². The van der Waals surface area contributed by atoms with Crippen molar-refractivity contribution in [3.05, 3.63) is 40.9 Å². The molecule has 2 rings (SSSR count). The quantitative estimate of drug-likeness (QED) is 0.890. The molecule has 1 heterocycles. The molecule has 112 valence electrons. The number of phenolic OH excluding ortho intramolecular Hbond substituents is 1. The Balaban J connectivity index is 2.12. The van der Waals surface area contributed by atoms with Gasteiger partial charge in [-0.15, -0.1) is 11.3 Å². The average Bonchev–Trinajstić information content (AvgIpc) is 2.84. The molecule has 0 aliphatic rings. The Labute approximate surface area is 128 Å². The summed E-state index contributed by atoms with van der Waals surface area (Å²) in [6, 6.07) is 6.88. The Morgan fingerprint density at radius 3 is 2.86 bits per heavy atom. The first-order chi connectivity index (χ1) is 10.0. The molecule has 3 N–H and O–H groups in total. The van der Waals surface area contributed by atoms with Crippen LogP contribution in [0.5, 0.6) is 5.75 Å². The zero-order valence-corrected chi connectivity index (χ0v) is 12.9. The average molecular weight is 305 g/mol. The van der Waals surface area contributed by atoms with E-state index >= 15 is 0 Å². The van der Waals surface area contributed by atoms with Gasteiger partial charge >= 0.3 is 0 Å². The minimum absolute atomic E-state index is 0.00126. The number of nitrogens with two attached hydrogens (primary N) is 1. The Hall–Kier alpha value is -2.08. The number of nitrogens with zero attached hydrogens (tertiary/aromatic N) is 2. The second-order valence-corrected chi connectivity index (χ2v) is 5.69. The van der Waals surface area contributed by atoms with Crippen molar-refractivity contribution >= 4 is 22.4 Å². The molecule has 1 atom stereocenters. The van der Waals surface area contributed by atoms with Gasteiger partial charge in [0.05, 0.1) is 18.2 Å². The first-order valence-electron chi connectivity index (χ1n) is 6.79. The topological polar surface area (TPSA) is 79.5 Å². The minimum Gasteiger partial charge on any atom is -0.508 e. The SMILES string of the molecule is CCN(C(=O)Cc1csc(N)n1)C(C)c1cccc(O)c1. The maximum absolute atomic E-state index is 12.4. The molecule has 0 fully saturated rings. The Morgan fingerprint density at radius 1 is 1.52 bits per heavy atom. The number of hydrogen-bond donors (Lipinski definition) is 2. The van der Waals surface area contributed by atoms with Gasteiger partial charge in [0.25, 0.3) is 0 Å². The van der Waals surface area contributed by atoms with Gasteiger partial charge in [-0.3, -0.25) is 4.79 Å². The normalized spacial score (nSPS) is 12.1. The van der Waals surface area contributed by atoms with Gasteiger partial charge in [0.1, 0.15) is 5.75 Å². The van der Waals surface area contributed by atoms with Crippen LogP contribution in [0.1, 0.15) is 31.1 Å². The lowest BCUT2D eigenvalue weighted by Crippen LogP contribution is -2.34. The van der Waals surface area contributed by atoms with Gasteiger partial charge in [-0.2, -0.15) is 0 Å². The number of hydrogen-bond acceptors (Lipinski definition) is 5. The van der Waals surface area contributed by atoms with Crippen LogP contribution in [-0.2, 0) is 11.2 Å². The van der Waals surface area contributed by atoms with Crippen LogP contribution in [0.4, 0.5) is 5.13 Å². The van der Waals surface area contributed by atoms with Gasteiger partial charge in [-0.1, -0.05) is 12.1 Å². The standard InChI is InChI=1S/C15H19N3O2S/c1-3-18(10(2)11-5-4-6-13(19)7-11)14(20)8-12-9-21-15(16)17-12/h4-7,9-10,19H,3,8H2,1-2H3,(H2,16,17). The zero-order chi connectivity index (χ0) is 15.4. The molecule has 1 aromatic carbocycles. The van der Waals surface area contributed by atoms with E-state index in [4.69, 9.17) is 5.73 Å². The molecular weight excluding hydrogens is 286 g/mol. The van der Waals surface area contributed by atoms with E-state index < -0.39 is 0 Å². The van der Waals surface area contributed by atoms with Gasteiger partial charge in [-0.05, 0) is 31.5 Å². The van der Waals surface area contributed by atoms with E-state index in [1.54, 1.807) is 28.5 Å². The first kappa shape index (κ1) is 15.3. The smallest absolute Gasteiger partial charge is 0.229 e. The molecule has 0 spiro atoms. The number of aromatic hydroxyl groups is 1. The number of likely N-dealkylation sites (N-methyl/N-ethyl adjacent to an activating group) is 1. The largest absolute Gasteiger partial charge is 0.508 e. The van der Waals surface area contributed by atoms with Gasteiger partial charge in [0.15, 0.2) is 5.13 Å². The van der Waals surface area contributed by atoms with Crippen molar-refractivity contribution in [2.24, 2.45) is 0 Å². The number of nitrogen functional groups attached to an aromatic ring is 1. The fourth-order valence-corrected chi connectivity index (χ4v) is 2.85. The lowest BCUT2D eigenvalue weighted by Gasteiger charge is -2.28. The van der Waals surface area contributed by atoms with E-state index in [0.29, 0.717) is 17.4 Å². The predicted octanol–water partition coefficient (Wildman–Crippen LogP) is 2.58. The number of amides is 1. The van der Waals surface area contributed by atoms with Gasteiger partial charge in [0.2, 0.25) is 5.91 Å². The number of carbonyl (C=O) groups is 1. The van der Waals surface area contributed by atoms with Crippen LogP contribution >= 0.6 is 11.3 Å². The summed E-state index contributed by atoms with van der Waals surface area (Å²) in [5, 5.41) is 11.8. The number of aromatic nitrogens is 1. The predicted molar refractivity (Wildman–Crippen MR) is 84.1 cm³/mol. The number of phenols is 1. The Kier molecular flexibility index (Phi) is 4.80. The van der Waals surface area contributed by atoms with Crippen molar-refractivity contribution in [2.75, 3.05) is 12.3 Å². The molecule has 0 bridgehead atoms. The van der Waals surface area contributed by atoms with Crippen molar-refractivity contribution in [1.29, 1.82) is 0 Å². The molecule has 6 heteroatoms. The van der Waals surface area contributed by atoms with E-state index in [0.717, 1.165) is 5.56 Å². The summed E-state index contributed by atoms with van der Waals surface area (Å²) in [5.74, 6) is 0.203. The van der Waals surface area contributed by atoms with E-state index in [2.05, 4.69) is 4.98 Å². The summed E-state index contributed by atoms with van der Waals surface area (Å²) in [6.45, 7) is 4.48. The molecular formula is C15H19N3O2S. The minimum atomic E-state index is -0.106. The van der Waals surface area contributed by atoms with Crippen LogP contribution in [-0.4, -0.2) is 27.4 Å². The van der Waals surface area contributed by atoms with Crippen LogP contribution in [0.25, 0.3) is 0 Å². The van der Waals surface area contributed by atoms with Crippen molar-refractivity contribution in [1.82, 2.24) is 9.88 Å². The summed E-state index contributed by atoms with van der Waals surface area (Å²) in [4.78, 5) is 18.3. The van der Waals surface area contributed by atoms with Crippen LogP contribution < -0.4 is 5.73 Å². The fourth-order valence-electron chi connectivity index (χ4n) is 2.29. The highest BCUT2D eigenvalue weighted by Crippen LogP contribution is 2.24. The van der Waals surface area contributed by atoms with Crippen LogP contribution in [0.3, 0.4) is 0 Å². The second-order valence-electron chi connectivity index (χ2n) is 4.80. The third-order valence-electron chi connectivity index (χ3n) is 3.38. The third kappa shape index (κ3) is 3.72. The zero-order valence-electron chi connectivity index (χ0n) is 12.1. The second kappa shape index (κ2) is 6.58. The monoisotopic (exact) mass is 305 g/mol. The molecule has 0 aliphatic heterocycles. The molecule has 0 aliphatic carbocycles. The molecule has 1 aromatic heterocycles. The summed E-state index contributed by atoms with van der Waals surface area (Å²) in [6.07, 6.45) is 0.241. The van der Waals surface area contributed by atoms with Crippen LogP contribution in [0.15, 0.2) is 29.6 Å². The van der Waals surface area contributed by atoms with Gasteiger partial charge in [0, 0.05) is 11.9 Å². The van der Waals surface area contributed by atoms with Crippen molar-refractivity contribution in [3.63, 3.8) is 0 Å². The van der Waals surface area contributed by atoms with E-state index in [1.807, 2.05) is 19.9 Å². The van der Waals surface area contributed by atoms with Gasteiger partial charge < -0.3 is 15.7 Å². The molecule has 0 saturated carbocycles. The first-order valence-corrected chi connectivity index (χ1v) is 7.67. The number of thiazole rings is 1. The van der Waals surface area contributed by atoms with E-state index in [9.17, 15) is 9.90 Å². The van der Waals surface area contributed by atoms with E-state index in [-0.39, 0.29) is 24.1 Å². The summed E-state index contributed by atoms with van der Waals surface area (Å²) in [5.41, 5.74) is 7.19. The van der Waals surface area contributed by atoms with Crippen molar-refractivity contribution in [3.8, 4) is 5.75 Å². The molecule has 1 unspecified atom stereocenters. The summed E-state index contributed by atoms with van der Waals surface area (Å²) in [7, 11) is 0. The number of rotatable bonds is 5. The Bertz CT molecular complexity index is 627. The molecule has 21 heavy (non-hydrogen) atoms. The number of anilines is 1. The summed E-state index contributed by atoms with van der Waals surface area (Å²) >= 11 is 1.34. The lowest BCUT2D eigenvalue weighted by atomic mass is 10.1. The fraction of sp³-hybridized carbons (Fsp3) is 0.333. The molecule has 2 aromatic rings.